The van der Waals surface area contributed by atoms with Crippen molar-refractivity contribution < 1.29 is 9.53 Å². The van der Waals surface area contributed by atoms with E-state index in [0.29, 0.717) is 26.1 Å². The van der Waals surface area contributed by atoms with Crippen molar-refractivity contribution >= 4 is 34.8 Å². The predicted octanol–water partition coefficient (Wildman–Crippen LogP) is 1.28. The van der Waals surface area contributed by atoms with Crippen molar-refractivity contribution in [1.82, 2.24) is 15.5 Å². The average Bonchev–Trinajstić information content (AvgIpc) is 2.73. The molecule has 5 atom stereocenters. The van der Waals surface area contributed by atoms with Crippen molar-refractivity contribution in [3.05, 3.63) is 0 Å². The highest BCUT2D eigenvalue weighted by atomic mass is 35.5. The van der Waals surface area contributed by atoms with Crippen LogP contribution in [0.3, 0.4) is 0 Å². The lowest BCUT2D eigenvalue weighted by Crippen LogP contribution is -2.63. The van der Waals surface area contributed by atoms with Gasteiger partial charge >= 0.3 is 0 Å². The number of carbonyl (C=O) groups is 1. The van der Waals surface area contributed by atoms with Gasteiger partial charge in [-0.2, -0.15) is 0 Å². The molecular formula is C23H42Cl2N6O2. The fourth-order valence-corrected chi connectivity index (χ4v) is 5.56. The van der Waals surface area contributed by atoms with Crippen molar-refractivity contribution in [3.63, 3.8) is 0 Å². The molecule has 3 aliphatic rings. The second-order valence-corrected chi connectivity index (χ2v) is 11.9. The molecular weight excluding hydrogens is 463 g/mol. The number of likely N-dealkylation sites (tertiary alicyclic amines) is 1. The Morgan fingerprint density at radius 3 is 2.61 bits per heavy atom. The molecule has 8 nitrogen and oxygen atoms in total. The number of nitrogens with zero attached hydrogens (tertiary/aromatic N) is 2. The van der Waals surface area contributed by atoms with Crippen LogP contribution in [0.2, 0.25) is 0 Å². The molecule has 6 N–H and O–H groups in total. The van der Waals surface area contributed by atoms with Crippen molar-refractivity contribution in [2.24, 2.45) is 27.8 Å². The minimum absolute atomic E-state index is 0.0345. The number of carbonyl (C=O) groups excluding carboxylic acids is 1. The molecule has 0 spiro atoms. The summed E-state index contributed by atoms with van der Waals surface area (Å²) in [4.78, 5) is 20.5. The van der Waals surface area contributed by atoms with Crippen LogP contribution in [0.1, 0.15) is 46.0 Å². The first kappa shape index (κ1) is 27.1. The first-order valence-corrected chi connectivity index (χ1v) is 13.1. The molecule has 0 bridgehead atoms. The van der Waals surface area contributed by atoms with Crippen molar-refractivity contribution in [1.29, 1.82) is 0 Å². The maximum atomic E-state index is 13.5. The average molecular weight is 506 g/mol. The molecule has 0 radical (unpaired) electrons. The zero-order valence-corrected chi connectivity index (χ0v) is 21.7. The molecule has 190 valence electrons. The molecule has 1 amide bonds. The van der Waals surface area contributed by atoms with Gasteiger partial charge in [0.05, 0.1) is 41.7 Å². The lowest BCUT2D eigenvalue weighted by atomic mass is 9.78. The van der Waals surface area contributed by atoms with Gasteiger partial charge in [-0.3, -0.25) is 9.79 Å². The Morgan fingerprint density at radius 2 is 1.94 bits per heavy atom. The maximum Gasteiger partial charge on any atom is 0.232 e. The molecule has 0 saturated carbocycles. The number of amides is 1. The summed E-state index contributed by atoms with van der Waals surface area (Å²) >= 11 is 13.1. The third-order valence-electron chi connectivity index (χ3n) is 7.11. The number of aliphatic imine (C=N–C) groups is 1. The quantitative estimate of drug-likeness (QED) is 0.319. The Labute approximate surface area is 208 Å². The van der Waals surface area contributed by atoms with Crippen LogP contribution in [0.4, 0.5) is 0 Å². The van der Waals surface area contributed by atoms with E-state index in [1.165, 1.54) is 0 Å². The van der Waals surface area contributed by atoms with Crippen LogP contribution in [-0.4, -0.2) is 91.5 Å². The summed E-state index contributed by atoms with van der Waals surface area (Å²) in [6.07, 6.45) is 3.47. The van der Waals surface area contributed by atoms with Gasteiger partial charge in [-0.15, -0.1) is 23.2 Å². The van der Waals surface area contributed by atoms with Gasteiger partial charge in [0.15, 0.2) is 0 Å². The lowest BCUT2D eigenvalue weighted by molar-refractivity contribution is -0.127. The summed E-state index contributed by atoms with van der Waals surface area (Å²) in [5.41, 5.74) is 13.0. The highest BCUT2D eigenvalue weighted by Gasteiger charge is 2.40. The van der Waals surface area contributed by atoms with E-state index < -0.39 is 12.1 Å². The maximum absolute atomic E-state index is 13.5. The summed E-state index contributed by atoms with van der Waals surface area (Å²) in [7, 11) is 2.12. The largest absolute Gasteiger partial charge is 0.371 e. The Morgan fingerprint density at radius 1 is 1.24 bits per heavy atom. The lowest BCUT2D eigenvalue weighted by Gasteiger charge is -2.40. The Hall–Kier alpha value is -0.480. The summed E-state index contributed by atoms with van der Waals surface area (Å²) < 4.78 is 6.45. The fourth-order valence-electron chi connectivity index (χ4n) is 5.04. The van der Waals surface area contributed by atoms with Crippen LogP contribution in [0, 0.1) is 11.3 Å². The monoisotopic (exact) mass is 504 g/mol. The summed E-state index contributed by atoms with van der Waals surface area (Å²) in [6, 6.07) is -0.266. The highest BCUT2D eigenvalue weighted by molar-refractivity contribution is 6.21. The van der Waals surface area contributed by atoms with Gasteiger partial charge < -0.3 is 31.7 Å². The fraction of sp³-hybridized carbons (Fsp3) is 0.913. The summed E-state index contributed by atoms with van der Waals surface area (Å²) in [5, 5.41) is 6.18. The molecule has 33 heavy (non-hydrogen) atoms. The van der Waals surface area contributed by atoms with Crippen LogP contribution in [0.25, 0.3) is 0 Å². The number of hydrogen-bond donors (Lipinski definition) is 4. The number of nitrogens with one attached hydrogen (secondary N) is 2. The molecule has 3 aliphatic heterocycles. The molecule has 3 heterocycles. The van der Waals surface area contributed by atoms with Crippen LogP contribution in [0.5, 0.6) is 0 Å². The van der Waals surface area contributed by atoms with Gasteiger partial charge in [-0.1, -0.05) is 13.8 Å². The van der Waals surface area contributed by atoms with E-state index in [1.54, 1.807) is 0 Å². The molecule has 5 unspecified atom stereocenters. The first-order valence-electron chi connectivity index (χ1n) is 12.2. The van der Waals surface area contributed by atoms with Gasteiger partial charge in [-0.05, 0) is 44.6 Å². The second-order valence-electron chi connectivity index (χ2n) is 10.8. The number of ether oxygens (including phenoxy) is 1. The van der Waals surface area contributed by atoms with Crippen LogP contribution in [0.15, 0.2) is 4.99 Å². The molecule has 0 aromatic rings. The van der Waals surface area contributed by atoms with Crippen molar-refractivity contribution in [2.75, 3.05) is 39.8 Å². The third-order valence-corrected chi connectivity index (χ3v) is 7.87. The third kappa shape index (κ3) is 7.75. The minimum atomic E-state index is -0.857. The van der Waals surface area contributed by atoms with Crippen LogP contribution >= 0.6 is 23.2 Å². The molecule has 0 aromatic carbocycles. The Balaban J connectivity index is 1.72. The van der Waals surface area contributed by atoms with E-state index in [4.69, 9.17) is 44.4 Å². The topological polar surface area (TPSA) is 118 Å². The minimum Gasteiger partial charge on any atom is -0.371 e. The number of alkyl halides is 2. The summed E-state index contributed by atoms with van der Waals surface area (Å²) in [6.45, 7) is 8.04. The molecule has 0 aliphatic carbocycles. The second kappa shape index (κ2) is 12.0. The van der Waals surface area contributed by atoms with E-state index in [9.17, 15) is 4.79 Å². The Bertz CT molecular complexity index is 684. The van der Waals surface area contributed by atoms with E-state index >= 15 is 0 Å². The SMILES string of the molecule is CN1CCC(OC2C(Cl)CNCC2NC(=O)C(C2=NCC(Cl)CCC(C)(C)C2)C(N)N)CC1. The van der Waals surface area contributed by atoms with Crippen molar-refractivity contribution in [3.8, 4) is 0 Å². The van der Waals surface area contributed by atoms with Crippen molar-refractivity contribution in [2.45, 2.75) is 81.1 Å². The Kier molecular flexibility index (Phi) is 9.84. The molecule has 2 saturated heterocycles. The van der Waals surface area contributed by atoms with E-state index in [2.05, 4.69) is 36.4 Å². The van der Waals surface area contributed by atoms with Gasteiger partial charge in [0, 0.05) is 31.9 Å². The number of rotatable bonds is 6. The van der Waals surface area contributed by atoms with Gasteiger partial charge in [0.2, 0.25) is 5.91 Å². The molecule has 10 heteroatoms. The van der Waals surface area contributed by atoms with E-state index in [0.717, 1.165) is 44.5 Å². The van der Waals surface area contributed by atoms with Gasteiger partial charge in [-0.25, -0.2) is 0 Å². The molecule has 3 rings (SSSR count). The predicted molar refractivity (Wildman–Crippen MR) is 135 cm³/mol. The zero-order chi connectivity index (χ0) is 24.2. The number of hydrogen-bond acceptors (Lipinski definition) is 7. The molecule has 0 aromatic heterocycles. The summed E-state index contributed by atoms with van der Waals surface area (Å²) in [5.74, 6) is -0.938. The normalized spacial score (nSPS) is 33.2. The van der Waals surface area contributed by atoms with E-state index in [-0.39, 0.29) is 40.3 Å². The highest BCUT2D eigenvalue weighted by Crippen LogP contribution is 2.33. The van der Waals surface area contributed by atoms with Gasteiger partial charge in [0.1, 0.15) is 5.92 Å². The number of piperidine rings is 2. The number of halogens is 2. The molecule has 2 fully saturated rings. The smallest absolute Gasteiger partial charge is 0.232 e. The first-order chi connectivity index (χ1) is 15.6. The van der Waals surface area contributed by atoms with E-state index in [1.807, 2.05) is 0 Å². The number of nitrogens with two attached hydrogens (primary N) is 2. The standard InChI is InChI=1S/C23H42Cl2N6O2/c1-23(2)7-4-14(24)11-29-17(10-23)19(21(26)27)22(32)30-18-13-28-12-16(25)20(18)33-15-5-8-31(3)9-6-15/h14-16,18-21,28H,4-13,26-27H2,1-3H3,(H,30,32). The van der Waals surface area contributed by atoms with Crippen LogP contribution < -0.4 is 22.1 Å². The zero-order valence-electron chi connectivity index (χ0n) is 20.2. The van der Waals surface area contributed by atoms with Crippen LogP contribution in [-0.2, 0) is 9.53 Å². The van der Waals surface area contributed by atoms with Gasteiger partial charge in [0.25, 0.3) is 0 Å².